The van der Waals surface area contributed by atoms with E-state index in [2.05, 4.69) is 94.3 Å². The first-order valence-electron chi connectivity index (χ1n) is 13.6. The van der Waals surface area contributed by atoms with E-state index in [0.717, 1.165) is 68.3 Å². The maximum absolute atomic E-state index is 12.4. The van der Waals surface area contributed by atoms with Gasteiger partial charge in [-0.1, -0.05) is 48.5 Å². The van der Waals surface area contributed by atoms with Crippen molar-refractivity contribution in [3.8, 4) is 0 Å². The van der Waals surface area contributed by atoms with Crippen molar-refractivity contribution in [3.05, 3.63) is 117 Å². The number of para-hydroxylation sites is 4. The molecule has 2 aliphatic heterocycles. The highest BCUT2D eigenvalue weighted by molar-refractivity contribution is 6.34. The van der Waals surface area contributed by atoms with Gasteiger partial charge in [0, 0.05) is 5.22 Å². The molecule has 0 N–H and O–H groups in total. The Morgan fingerprint density at radius 2 is 1.24 bits per heavy atom. The molecule has 0 saturated heterocycles. The smallest absolute Gasteiger partial charge is 0.228 e. The highest BCUT2D eigenvalue weighted by Crippen LogP contribution is 2.51. The van der Waals surface area contributed by atoms with Crippen molar-refractivity contribution in [1.29, 1.82) is 0 Å². The van der Waals surface area contributed by atoms with E-state index in [1.807, 2.05) is 36.4 Å². The lowest BCUT2D eigenvalue weighted by molar-refractivity contribution is 0.106. The topological polar surface area (TPSA) is 99.8 Å². The number of rotatable bonds is 3. The molecule has 0 aliphatic carbocycles. The summed E-state index contributed by atoms with van der Waals surface area (Å²) in [6, 6.07) is 20.4. The first kappa shape index (κ1) is 25.4. The van der Waals surface area contributed by atoms with Gasteiger partial charge in [-0.25, -0.2) is 9.97 Å². The fourth-order valence-corrected chi connectivity index (χ4v) is 5.66. The van der Waals surface area contributed by atoms with Gasteiger partial charge < -0.3 is 0 Å². The number of nitrogens with zero attached hydrogens (tertiary/aromatic N) is 8. The molecule has 0 spiro atoms. The van der Waals surface area contributed by atoms with Crippen molar-refractivity contribution < 1.29 is 4.79 Å². The lowest BCUT2D eigenvalue weighted by Crippen LogP contribution is -2.35. The van der Waals surface area contributed by atoms with E-state index in [1.165, 1.54) is 0 Å². The number of allylic oxidation sites excluding steroid dienone is 1. The predicted octanol–water partition coefficient (Wildman–Crippen LogP) is 5.07. The number of hydrogen-bond donors (Lipinski definition) is 0. The Balaban J connectivity index is 1.59. The van der Waals surface area contributed by atoms with Gasteiger partial charge in [-0.2, -0.15) is 10.2 Å². The standard InChI is InChI=1S/C33H26N8O/c1-19-9-7-10-20(2)30(19)40-27(16-15-23-17-34-39-29-26(42)18-35-38-28(23)29)41(31-21(3)11-8-12-22(31)4)33-32(40)36-24-13-5-6-14-25(24)37-33/h5-18H,1-4H3/b23-15-. The summed E-state index contributed by atoms with van der Waals surface area (Å²) in [6.45, 7) is 8.41. The Bertz CT molecular complexity index is 1990. The minimum atomic E-state index is -0.321. The molecule has 5 aromatic rings. The number of benzene rings is 3. The average molecular weight is 551 g/mol. The lowest BCUT2D eigenvalue weighted by atomic mass is 10.1. The van der Waals surface area contributed by atoms with Crippen LogP contribution in [0.2, 0.25) is 0 Å². The fraction of sp³-hybridized carbons (Fsp3) is 0.121. The van der Waals surface area contributed by atoms with Gasteiger partial charge in [-0.05, 0) is 74.2 Å². The van der Waals surface area contributed by atoms with E-state index < -0.39 is 0 Å². The Hall–Kier alpha value is -5.57. The second-order valence-electron chi connectivity index (χ2n) is 10.4. The first-order valence-corrected chi connectivity index (χ1v) is 13.6. The molecule has 2 aromatic heterocycles. The summed E-state index contributed by atoms with van der Waals surface area (Å²) in [5, 5.41) is 17.2. The van der Waals surface area contributed by atoms with Crippen LogP contribution in [-0.2, 0) is 0 Å². The van der Waals surface area contributed by atoms with Crippen LogP contribution < -0.4 is 20.4 Å². The largest absolute Gasteiger partial charge is 0.286 e. The quantitative estimate of drug-likeness (QED) is 0.309. The number of hydrogen-bond acceptors (Lipinski definition) is 9. The molecule has 3 aromatic carbocycles. The highest BCUT2D eigenvalue weighted by Gasteiger charge is 2.38. The summed E-state index contributed by atoms with van der Waals surface area (Å²) < 4.78 is 0. The number of aromatic nitrogens is 4. The molecular weight excluding hydrogens is 524 g/mol. The van der Waals surface area contributed by atoms with Crippen LogP contribution in [0.15, 0.2) is 89.0 Å². The Morgan fingerprint density at radius 1 is 0.690 bits per heavy atom. The van der Waals surface area contributed by atoms with E-state index in [1.54, 1.807) is 6.20 Å². The van der Waals surface area contributed by atoms with E-state index in [9.17, 15) is 4.79 Å². The van der Waals surface area contributed by atoms with Crippen molar-refractivity contribution in [3.63, 3.8) is 0 Å². The SMILES string of the molecule is Cc1cccc(C)c1N1C(=C/C=c2/cnnc3c2=NN=CC3=O)N(c2c(C)cccc2C)c2nc3ccccc3nc21. The minimum absolute atomic E-state index is 0.180. The third-order valence-electron chi connectivity index (χ3n) is 7.57. The summed E-state index contributed by atoms with van der Waals surface area (Å²) in [5.74, 6) is 1.96. The molecule has 0 atom stereocenters. The number of aryl methyl sites for hydroxylation is 4. The highest BCUT2D eigenvalue weighted by atomic mass is 16.1. The maximum Gasteiger partial charge on any atom is 0.228 e. The van der Waals surface area contributed by atoms with Crippen LogP contribution in [0.1, 0.15) is 32.7 Å². The number of carbonyl (C=O) groups is 1. The van der Waals surface area contributed by atoms with E-state index in [-0.39, 0.29) is 11.5 Å². The van der Waals surface area contributed by atoms with Crippen molar-refractivity contribution >= 4 is 52.1 Å². The zero-order valence-corrected chi connectivity index (χ0v) is 23.6. The summed E-state index contributed by atoms with van der Waals surface area (Å²) in [6.07, 6.45) is 6.64. The van der Waals surface area contributed by atoms with Crippen LogP contribution in [0.5, 0.6) is 0 Å². The third-order valence-corrected chi connectivity index (χ3v) is 7.57. The van der Waals surface area contributed by atoms with Gasteiger partial charge in [-0.15, -0.1) is 10.2 Å². The van der Waals surface area contributed by atoms with Gasteiger partial charge in [0.25, 0.3) is 0 Å². The van der Waals surface area contributed by atoms with Crippen LogP contribution in [0.3, 0.4) is 0 Å². The molecule has 0 unspecified atom stereocenters. The third kappa shape index (κ3) is 3.97. The zero-order valence-electron chi connectivity index (χ0n) is 23.6. The van der Waals surface area contributed by atoms with Gasteiger partial charge in [0.2, 0.25) is 5.78 Å². The molecule has 42 heavy (non-hydrogen) atoms. The molecule has 7 rings (SSSR count). The molecule has 4 heterocycles. The molecule has 0 saturated carbocycles. The molecule has 0 radical (unpaired) electrons. The fourth-order valence-electron chi connectivity index (χ4n) is 5.66. The molecule has 9 heteroatoms. The number of carbonyl (C=O) groups excluding carboxylic acids is 1. The summed E-state index contributed by atoms with van der Waals surface area (Å²) in [7, 11) is 0. The molecule has 2 aliphatic rings. The summed E-state index contributed by atoms with van der Waals surface area (Å²) in [4.78, 5) is 27.1. The van der Waals surface area contributed by atoms with Crippen LogP contribution in [-0.4, -0.2) is 32.2 Å². The first-order chi connectivity index (χ1) is 20.4. The Kier molecular flexibility index (Phi) is 5.93. The van der Waals surface area contributed by atoms with Crippen molar-refractivity contribution in [1.82, 2.24) is 20.2 Å². The van der Waals surface area contributed by atoms with E-state index in [4.69, 9.17) is 9.97 Å². The van der Waals surface area contributed by atoms with Crippen LogP contribution in [0.25, 0.3) is 17.1 Å². The second kappa shape index (κ2) is 9.81. The molecule has 9 nitrogen and oxygen atoms in total. The van der Waals surface area contributed by atoms with Crippen LogP contribution in [0, 0.1) is 27.7 Å². The maximum atomic E-state index is 12.4. The van der Waals surface area contributed by atoms with Gasteiger partial charge in [0.05, 0.1) is 34.8 Å². The van der Waals surface area contributed by atoms with Gasteiger partial charge >= 0.3 is 0 Å². The van der Waals surface area contributed by atoms with Crippen LogP contribution >= 0.6 is 0 Å². The average Bonchev–Trinajstić information content (AvgIpc) is 3.27. The molecule has 0 fully saturated rings. The Labute approximate surface area is 241 Å². The summed E-state index contributed by atoms with van der Waals surface area (Å²) in [5.41, 5.74) is 8.24. The minimum Gasteiger partial charge on any atom is -0.286 e. The predicted molar refractivity (Wildman–Crippen MR) is 164 cm³/mol. The van der Waals surface area contributed by atoms with E-state index >= 15 is 0 Å². The van der Waals surface area contributed by atoms with E-state index in [0.29, 0.717) is 10.6 Å². The summed E-state index contributed by atoms with van der Waals surface area (Å²) >= 11 is 0. The Morgan fingerprint density at radius 3 is 1.79 bits per heavy atom. The lowest BCUT2D eigenvalue weighted by Gasteiger charge is -2.28. The number of ketones is 1. The molecular formula is C33H26N8O. The molecule has 0 bridgehead atoms. The molecule has 204 valence electrons. The number of fused-ring (bicyclic) bond motifs is 3. The normalized spacial score (nSPS) is 14.3. The van der Waals surface area contributed by atoms with Crippen molar-refractivity contribution in [2.45, 2.75) is 27.7 Å². The van der Waals surface area contributed by atoms with Gasteiger partial charge in [0.15, 0.2) is 17.3 Å². The van der Waals surface area contributed by atoms with Gasteiger partial charge in [0.1, 0.15) is 11.2 Å². The van der Waals surface area contributed by atoms with Crippen molar-refractivity contribution in [2.24, 2.45) is 10.2 Å². The van der Waals surface area contributed by atoms with Crippen LogP contribution in [0.4, 0.5) is 23.0 Å². The monoisotopic (exact) mass is 550 g/mol. The molecule has 0 amide bonds. The van der Waals surface area contributed by atoms with Gasteiger partial charge in [-0.3, -0.25) is 14.6 Å². The number of anilines is 4. The van der Waals surface area contributed by atoms with Crippen molar-refractivity contribution in [2.75, 3.05) is 9.80 Å². The number of Topliss-reactive ketones (excluding diaryl/α,β-unsaturated/α-hetero) is 1. The zero-order chi connectivity index (χ0) is 29.0. The second-order valence-corrected chi connectivity index (χ2v) is 10.4.